The van der Waals surface area contributed by atoms with Gasteiger partial charge in [0.25, 0.3) is 0 Å². The van der Waals surface area contributed by atoms with Crippen LogP contribution in [0.5, 0.6) is 0 Å². The third-order valence-corrected chi connectivity index (χ3v) is 2.40. The van der Waals surface area contributed by atoms with E-state index in [1.165, 1.54) is 0 Å². The van der Waals surface area contributed by atoms with Crippen LogP contribution >= 0.6 is 12.4 Å². The van der Waals surface area contributed by atoms with Crippen LogP contribution in [0.2, 0.25) is 0 Å². The fourth-order valence-electron chi connectivity index (χ4n) is 1.72. The average Bonchev–Trinajstić information content (AvgIpc) is 2.31. The van der Waals surface area contributed by atoms with Gasteiger partial charge in [-0.25, -0.2) is 0 Å². The zero-order valence-corrected chi connectivity index (χ0v) is 10.4. The third-order valence-electron chi connectivity index (χ3n) is 2.40. The second-order valence-electron chi connectivity index (χ2n) is 4.18. The minimum Gasteiger partial charge on any atom is -0.352 e. The van der Waals surface area contributed by atoms with Crippen molar-refractivity contribution in [2.75, 3.05) is 33.7 Å². The fraction of sp³-hybridized carbons (Fsp3) is 0.900. The van der Waals surface area contributed by atoms with E-state index in [9.17, 15) is 4.79 Å². The van der Waals surface area contributed by atoms with Gasteiger partial charge in [0.15, 0.2) is 0 Å². The smallest absolute Gasteiger partial charge is 0.234 e. The number of nitrogens with zero attached hydrogens (tertiary/aromatic N) is 1. The molecule has 0 aromatic carbocycles. The molecule has 4 nitrogen and oxygen atoms in total. The molecule has 1 amide bonds. The molecule has 0 radical (unpaired) electrons. The molecule has 0 aromatic rings. The first-order valence-electron chi connectivity index (χ1n) is 5.33. The molecule has 1 saturated heterocycles. The van der Waals surface area contributed by atoms with Crippen molar-refractivity contribution >= 4 is 18.3 Å². The van der Waals surface area contributed by atoms with Crippen molar-refractivity contribution in [1.29, 1.82) is 0 Å². The Kier molecular flexibility index (Phi) is 7.74. The van der Waals surface area contributed by atoms with Crippen molar-refractivity contribution in [1.82, 2.24) is 15.5 Å². The minimum absolute atomic E-state index is 0. The molecule has 1 aliphatic rings. The summed E-state index contributed by atoms with van der Waals surface area (Å²) in [6.07, 6.45) is 3.32. The summed E-state index contributed by atoms with van der Waals surface area (Å²) in [4.78, 5) is 13.4. The van der Waals surface area contributed by atoms with Crippen molar-refractivity contribution in [3.63, 3.8) is 0 Å². The zero-order valence-electron chi connectivity index (χ0n) is 9.58. The quantitative estimate of drug-likeness (QED) is 0.736. The highest BCUT2D eigenvalue weighted by atomic mass is 35.5. The summed E-state index contributed by atoms with van der Waals surface area (Å²) >= 11 is 0. The van der Waals surface area contributed by atoms with Crippen molar-refractivity contribution in [3.05, 3.63) is 0 Å². The lowest BCUT2D eigenvalue weighted by atomic mass is 10.1. The molecule has 1 fully saturated rings. The molecule has 1 rings (SSSR count). The first-order valence-corrected chi connectivity index (χ1v) is 5.33. The fourth-order valence-corrected chi connectivity index (χ4v) is 1.72. The van der Waals surface area contributed by atoms with Crippen LogP contribution in [0.4, 0.5) is 0 Å². The Labute approximate surface area is 98.2 Å². The molecule has 2 N–H and O–H groups in total. The molecule has 5 heteroatoms. The molecule has 1 aliphatic heterocycles. The predicted molar refractivity (Wildman–Crippen MR) is 64.5 cm³/mol. The van der Waals surface area contributed by atoms with Gasteiger partial charge in [-0.1, -0.05) is 0 Å². The van der Waals surface area contributed by atoms with Crippen molar-refractivity contribution in [3.8, 4) is 0 Å². The molecule has 0 bridgehead atoms. The molecule has 90 valence electrons. The second-order valence-corrected chi connectivity index (χ2v) is 4.18. The van der Waals surface area contributed by atoms with Gasteiger partial charge in [0.05, 0.1) is 6.54 Å². The largest absolute Gasteiger partial charge is 0.352 e. The van der Waals surface area contributed by atoms with Crippen LogP contribution in [-0.2, 0) is 4.79 Å². The second kappa shape index (κ2) is 7.91. The highest BCUT2D eigenvalue weighted by molar-refractivity contribution is 5.85. The number of hydrogen-bond donors (Lipinski definition) is 2. The lowest BCUT2D eigenvalue weighted by Gasteiger charge is -2.17. The van der Waals surface area contributed by atoms with E-state index in [4.69, 9.17) is 0 Å². The molecule has 0 saturated carbocycles. The van der Waals surface area contributed by atoms with E-state index in [2.05, 4.69) is 10.6 Å². The van der Waals surface area contributed by atoms with Gasteiger partial charge >= 0.3 is 0 Å². The molecule has 1 unspecified atom stereocenters. The van der Waals surface area contributed by atoms with E-state index in [1.807, 2.05) is 19.0 Å². The molecule has 1 atom stereocenters. The summed E-state index contributed by atoms with van der Waals surface area (Å²) in [5.74, 6) is 0.141. The van der Waals surface area contributed by atoms with E-state index in [1.54, 1.807) is 0 Å². The van der Waals surface area contributed by atoms with Crippen molar-refractivity contribution in [2.45, 2.75) is 25.3 Å². The van der Waals surface area contributed by atoms with Crippen LogP contribution < -0.4 is 10.6 Å². The van der Waals surface area contributed by atoms with E-state index in [0.29, 0.717) is 12.6 Å². The van der Waals surface area contributed by atoms with Crippen LogP contribution in [0, 0.1) is 0 Å². The highest BCUT2D eigenvalue weighted by Gasteiger charge is 2.14. The summed E-state index contributed by atoms with van der Waals surface area (Å²) in [5.41, 5.74) is 0. The van der Waals surface area contributed by atoms with E-state index < -0.39 is 0 Å². The average molecular weight is 236 g/mol. The lowest BCUT2D eigenvalue weighted by Crippen LogP contribution is -2.40. The van der Waals surface area contributed by atoms with Gasteiger partial charge < -0.3 is 15.5 Å². The van der Waals surface area contributed by atoms with Crippen molar-refractivity contribution < 1.29 is 4.79 Å². The summed E-state index contributed by atoms with van der Waals surface area (Å²) in [5, 5.41) is 6.40. The SMILES string of the molecule is CN(C)CC(=O)NC1CCCNCC1.Cl. The third kappa shape index (κ3) is 6.71. The predicted octanol–water partition coefficient (Wildman–Crippen LogP) is 0.228. The number of likely N-dealkylation sites (N-methyl/N-ethyl adjacent to an activating group) is 1. The van der Waals surface area contributed by atoms with Crippen LogP contribution in [0.15, 0.2) is 0 Å². The number of rotatable bonds is 3. The molecular formula is C10H22ClN3O. The zero-order chi connectivity index (χ0) is 10.4. The standard InChI is InChI=1S/C10H21N3O.ClH/c1-13(2)8-10(14)12-9-4-3-6-11-7-5-9;/h9,11H,3-8H2,1-2H3,(H,12,14);1H. The van der Waals surface area contributed by atoms with Crippen LogP contribution in [-0.4, -0.2) is 50.6 Å². The summed E-state index contributed by atoms with van der Waals surface area (Å²) < 4.78 is 0. The van der Waals surface area contributed by atoms with Gasteiger partial charge in [0, 0.05) is 6.04 Å². The number of halogens is 1. The molecule has 0 spiro atoms. The Morgan fingerprint density at radius 3 is 2.80 bits per heavy atom. The Balaban J connectivity index is 0.00000196. The minimum atomic E-state index is 0. The van der Waals surface area contributed by atoms with Crippen molar-refractivity contribution in [2.24, 2.45) is 0 Å². The number of nitrogens with one attached hydrogen (secondary N) is 2. The monoisotopic (exact) mass is 235 g/mol. The topological polar surface area (TPSA) is 44.4 Å². The molecule has 0 aromatic heterocycles. The highest BCUT2D eigenvalue weighted by Crippen LogP contribution is 2.04. The maximum Gasteiger partial charge on any atom is 0.234 e. The van der Waals surface area contributed by atoms with Gasteiger partial charge in [0.2, 0.25) is 5.91 Å². The number of hydrogen-bond acceptors (Lipinski definition) is 3. The summed E-state index contributed by atoms with van der Waals surface area (Å²) in [6.45, 7) is 2.59. The number of carbonyl (C=O) groups is 1. The number of carbonyl (C=O) groups excluding carboxylic acids is 1. The van der Waals surface area contributed by atoms with Gasteiger partial charge in [-0.3, -0.25) is 4.79 Å². The van der Waals surface area contributed by atoms with E-state index in [-0.39, 0.29) is 18.3 Å². The van der Waals surface area contributed by atoms with Crippen LogP contribution in [0.25, 0.3) is 0 Å². The summed E-state index contributed by atoms with van der Waals surface area (Å²) in [6, 6.07) is 0.373. The van der Waals surface area contributed by atoms with Gasteiger partial charge in [-0.2, -0.15) is 0 Å². The maximum atomic E-state index is 11.5. The van der Waals surface area contributed by atoms with Crippen LogP contribution in [0.3, 0.4) is 0 Å². The normalized spacial score (nSPS) is 21.7. The Morgan fingerprint density at radius 2 is 2.13 bits per heavy atom. The molecule has 1 heterocycles. The maximum absolute atomic E-state index is 11.5. The van der Waals surface area contributed by atoms with E-state index in [0.717, 1.165) is 32.4 Å². The number of amides is 1. The Hall–Kier alpha value is -0.320. The molecule has 0 aliphatic carbocycles. The van der Waals surface area contributed by atoms with Gasteiger partial charge in [-0.05, 0) is 46.4 Å². The van der Waals surface area contributed by atoms with Gasteiger partial charge in [-0.15, -0.1) is 12.4 Å². The summed E-state index contributed by atoms with van der Waals surface area (Å²) in [7, 11) is 3.82. The van der Waals surface area contributed by atoms with Crippen LogP contribution in [0.1, 0.15) is 19.3 Å². The van der Waals surface area contributed by atoms with Gasteiger partial charge in [0.1, 0.15) is 0 Å². The lowest BCUT2D eigenvalue weighted by molar-refractivity contribution is -0.122. The Morgan fingerprint density at radius 1 is 1.40 bits per heavy atom. The Bertz CT molecular complexity index is 180. The first kappa shape index (κ1) is 14.7. The molecular weight excluding hydrogens is 214 g/mol. The first-order chi connectivity index (χ1) is 6.68. The van der Waals surface area contributed by atoms with E-state index >= 15 is 0 Å². The molecule has 15 heavy (non-hydrogen) atoms.